The molecule has 2 N–H and O–H groups in total. The first kappa shape index (κ1) is 14.9. The van der Waals surface area contributed by atoms with E-state index in [1.807, 2.05) is 20.0 Å². The lowest BCUT2D eigenvalue weighted by atomic mass is 9.96. The molecule has 1 atom stereocenters. The molecule has 0 aromatic carbocycles. The van der Waals surface area contributed by atoms with Gasteiger partial charge < -0.3 is 15.3 Å². The average Bonchev–Trinajstić information content (AvgIpc) is 2.77. The van der Waals surface area contributed by atoms with Gasteiger partial charge in [0.2, 0.25) is 0 Å². The number of hydrogen-bond donors (Lipinski definition) is 2. The maximum Gasteiger partial charge on any atom is 0.0897 e. The third-order valence-electron chi connectivity index (χ3n) is 3.63. The summed E-state index contributed by atoms with van der Waals surface area (Å²) in [5.74, 6) is 0.777. The first-order chi connectivity index (χ1) is 9.13. The van der Waals surface area contributed by atoms with E-state index in [-0.39, 0.29) is 6.10 Å². The summed E-state index contributed by atoms with van der Waals surface area (Å²) in [6.07, 6.45) is 4.24. The van der Waals surface area contributed by atoms with Crippen LogP contribution in [-0.2, 0) is 6.54 Å². The molecule has 0 radical (unpaired) electrons. The molecule has 1 saturated heterocycles. The summed E-state index contributed by atoms with van der Waals surface area (Å²) in [5, 5.41) is 14.1. The van der Waals surface area contributed by atoms with E-state index in [1.54, 1.807) is 11.3 Å². The molecule has 1 aromatic heterocycles. The SMILES string of the molecule is Cc1ncc(CNCC2CCN(CC(C)O)CC2)s1. The average molecular weight is 283 g/mol. The van der Waals surface area contributed by atoms with Gasteiger partial charge in [0.25, 0.3) is 0 Å². The van der Waals surface area contributed by atoms with E-state index in [0.717, 1.165) is 43.6 Å². The second kappa shape index (κ2) is 7.33. The highest BCUT2D eigenvalue weighted by Crippen LogP contribution is 2.17. The van der Waals surface area contributed by atoms with Gasteiger partial charge in [-0.05, 0) is 52.2 Å². The number of aliphatic hydroxyl groups excluding tert-OH is 1. The van der Waals surface area contributed by atoms with Gasteiger partial charge in [0.1, 0.15) is 0 Å². The summed E-state index contributed by atoms with van der Waals surface area (Å²) in [6, 6.07) is 0. The Kier molecular flexibility index (Phi) is 5.76. The third kappa shape index (κ3) is 5.18. The Morgan fingerprint density at radius 2 is 2.26 bits per heavy atom. The number of aliphatic hydroxyl groups is 1. The molecule has 1 fully saturated rings. The predicted octanol–water partition coefficient (Wildman–Crippen LogP) is 1.63. The second-order valence-corrected chi connectivity index (χ2v) is 6.89. The summed E-state index contributed by atoms with van der Waals surface area (Å²) in [4.78, 5) is 7.96. The molecule has 2 rings (SSSR count). The molecular weight excluding hydrogens is 258 g/mol. The molecule has 19 heavy (non-hydrogen) atoms. The van der Waals surface area contributed by atoms with Gasteiger partial charge in [-0.2, -0.15) is 0 Å². The van der Waals surface area contributed by atoms with Gasteiger partial charge in [-0.3, -0.25) is 0 Å². The van der Waals surface area contributed by atoms with Crippen molar-refractivity contribution in [2.45, 2.75) is 39.3 Å². The van der Waals surface area contributed by atoms with Crippen LogP contribution >= 0.6 is 11.3 Å². The van der Waals surface area contributed by atoms with Crippen molar-refractivity contribution in [2.24, 2.45) is 5.92 Å². The van der Waals surface area contributed by atoms with Crippen LogP contribution in [0.15, 0.2) is 6.20 Å². The van der Waals surface area contributed by atoms with Gasteiger partial charge in [0.05, 0.1) is 11.1 Å². The fourth-order valence-corrected chi connectivity index (χ4v) is 3.40. The van der Waals surface area contributed by atoms with Gasteiger partial charge in [0.15, 0.2) is 0 Å². The van der Waals surface area contributed by atoms with Crippen molar-refractivity contribution in [1.82, 2.24) is 15.2 Å². The van der Waals surface area contributed by atoms with Gasteiger partial charge >= 0.3 is 0 Å². The zero-order valence-corrected chi connectivity index (χ0v) is 12.7. The monoisotopic (exact) mass is 283 g/mol. The van der Waals surface area contributed by atoms with Gasteiger partial charge in [-0.15, -0.1) is 11.3 Å². The summed E-state index contributed by atoms with van der Waals surface area (Å²) < 4.78 is 0. The van der Waals surface area contributed by atoms with Crippen molar-refractivity contribution in [3.8, 4) is 0 Å². The fraction of sp³-hybridized carbons (Fsp3) is 0.786. The molecule has 0 bridgehead atoms. The number of β-amino-alcohol motifs (C(OH)–C–C–N with tert-alkyl or cyclic N) is 1. The Hall–Kier alpha value is -0.490. The van der Waals surface area contributed by atoms with Crippen LogP contribution in [0.5, 0.6) is 0 Å². The largest absolute Gasteiger partial charge is 0.392 e. The maximum absolute atomic E-state index is 9.38. The molecule has 0 amide bonds. The van der Waals surface area contributed by atoms with Gasteiger partial charge in [-0.25, -0.2) is 4.98 Å². The number of aryl methyl sites for hydroxylation is 1. The fourth-order valence-electron chi connectivity index (χ4n) is 2.63. The highest BCUT2D eigenvalue weighted by atomic mass is 32.1. The number of hydrogen-bond acceptors (Lipinski definition) is 5. The van der Waals surface area contributed by atoms with Crippen LogP contribution in [0.25, 0.3) is 0 Å². The molecule has 1 unspecified atom stereocenters. The Morgan fingerprint density at radius 3 is 2.84 bits per heavy atom. The lowest BCUT2D eigenvalue weighted by Gasteiger charge is -2.32. The molecule has 1 aliphatic heterocycles. The topological polar surface area (TPSA) is 48.4 Å². The summed E-state index contributed by atoms with van der Waals surface area (Å²) in [5.41, 5.74) is 0. The highest BCUT2D eigenvalue weighted by Gasteiger charge is 2.19. The van der Waals surface area contributed by atoms with Crippen molar-refractivity contribution in [2.75, 3.05) is 26.2 Å². The Morgan fingerprint density at radius 1 is 1.53 bits per heavy atom. The molecule has 0 spiro atoms. The van der Waals surface area contributed by atoms with Crippen molar-refractivity contribution >= 4 is 11.3 Å². The number of rotatable bonds is 6. The van der Waals surface area contributed by atoms with E-state index >= 15 is 0 Å². The van der Waals surface area contributed by atoms with Crippen molar-refractivity contribution in [3.63, 3.8) is 0 Å². The number of nitrogens with one attached hydrogen (secondary N) is 1. The van der Waals surface area contributed by atoms with Crippen LogP contribution in [-0.4, -0.2) is 47.3 Å². The zero-order chi connectivity index (χ0) is 13.7. The first-order valence-electron chi connectivity index (χ1n) is 7.16. The maximum atomic E-state index is 9.38. The van der Waals surface area contributed by atoms with Crippen LogP contribution < -0.4 is 5.32 Å². The molecule has 5 heteroatoms. The van der Waals surface area contributed by atoms with E-state index in [1.165, 1.54) is 17.7 Å². The molecule has 0 aliphatic carbocycles. The minimum absolute atomic E-state index is 0.204. The Balaban J connectivity index is 1.60. The minimum Gasteiger partial charge on any atom is -0.392 e. The molecule has 0 saturated carbocycles. The highest BCUT2D eigenvalue weighted by molar-refractivity contribution is 7.11. The van der Waals surface area contributed by atoms with E-state index in [4.69, 9.17) is 0 Å². The van der Waals surface area contributed by atoms with Crippen LogP contribution in [0, 0.1) is 12.8 Å². The van der Waals surface area contributed by atoms with E-state index in [0.29, 0.717) is 0 Å². The summed E-state index contributed by atoms with van der Waals surface area (Å²) in [7, 11) is 0. The molecule has 2 heterocycles. The van der Waals surface area contributed by atoms with E-state index in [9.17, 15) is 5.11 Å². The zero-order valence-electron chi connectivity index (χ0n) is 11.9. The smallest absolute Gasteiger partial charge is 0.0897 e. The molecule has 1 aliphatic rings. The number of likely N-dealkylation sites (tertiary alicyclic amines) is 1. The Bertz CT molecular complexity index is 373. The number of nitrogens with zero attached hydrogens (tertiary/aromatic N) is 2. The lowest BCUT2D eigenvalue weighted by molar-refractivity contribution is 0.0998. The predicted molar refractivity (Wildman–Crippen MR) is 79.4 cm³/mol. The van der Waals surface area contributed by atoms with Crippen molar-refractivity contribution < 1.29 is 5.11 Å². The summed E-state index contributed by atoms with van der Waals surface area (Å²) in [6.45, 7) is 9.02. The molecule has 4 nitrogen and oxygen atoms in total. The number of aromatic nitrogens is 1. The quantitative estimate of drug-likeness (QED) is 0.833. The number of piperidine rings is 1. The molecular formula is C14H25N3OS. The van der Waals surface area contributed by atoms with E-state index < -0.39 is 0 Å². The second-order valence-electron chi connectivity index (χ2n) is 5.57. The van der Waals surface area contributed by atoms with Crippen LogP contribution in [0.3, 0.4) is 0 Å². The van der Waals surface area contributed by atoms with Crippen LogP contribution in [0.1, 0.15) is 29.7 Å². The summed E-state index contributed by atoms with van der Waals surface area (Å²) >= 11 is 1.77. The molecule has 108 valence electrons. The number of thiazole rings is 1. The normalized spacial score (nSPS) is 19.7. The van der Waals surface area contributed by atoms with Crippen molar-refractivity contribution in [3.05, 3.63) is 16.1 Å². The van der Waals surface area contributed by atoms with Crippen LogP contribution in [0.2, 0.25) is 0 Å². The van der Waals surface area contributed by atoms with Gasteiger partial charge in [-0.1, -0.05) is 0 Å². The Labute approximate surface area is 119 Å². The van der Waals surface area contributed by atoms with Crippen LogP contribution in [0.4, 0.5) is 0 Å². The van der Waals surface area contributed by atoms with Gasteiger partial charge in [0, 0.05) is 24.2 Å². The lowest BCUT2D eigenvalue weighted by Crippen LogP contribution is -2.40. The first-order valence-corrected chi connectivity index (χ1v) is 7.97. The molecule has 1 aromatic rings. The minimum atomic E-state index is -0.204. The van der Waals surface area contributed by atoms with Crippen molar-refractivity contribution in [1.29, 1.82) is 0 Å². The van der Waals surface area contributed by atoms with E-state index in [2.05, 4.69) is 15.2 Å². The third-order valence-corrected chi connectivity index (χ3v) is 4.54. The standard InChI is InChI=1S/C14H25N3OS/c1-11(18)10-17-5-3-13(4-6-17)7-15-8-14-9-16-12(2)19-14/h9,11,13,15,18H,3-8,10H2,1-2H3.